The quantitative estimate of drug-likeness (QED) is 0.545. The Kier molecular flexibility index (Phi) is 6.26. The maximum absolute atomic E-state index is 13.4. The first-order valence-corrected chi connectivity index (χ1v) is 10.5. The number of nitrogens with one attached hydrogen (secondary N) is 1. The van der Waals surface area contributed by atoms with E-state index in [-0.39, 0.29) is 18.7 Å². The van der Waals surface area contributed by atoms with Gasteiger partial charge in [0.2, 0.25) is 5.89 Å². The maximum atomic E-state index is 13.4. The molecule has 1 atom stereocenters. The molecule has 10 heteroatoms. The minimum atomic E-state index is -4.48. The molecular weight excluding hydrogens is 439 g/mol. The molecule has 0 bridgehead atoms. The number of rotatable bonds is 5. The van der Waals surface area contributed by atoms with Crippen LogP contribution in [0, 0.1) is 0 Å². The zero-order valence-corrected chi connectivity index (χ0v) is 17.8. The summed E-state index contributed by atoms with van der Waals surface area (Å²) in [7, 11) is 0. The Morgan fingerprint density at radius 2 is 2.03 bits per heavy atom. The number of esters is 1. The van der Waals surface area contributed by atoms with Gasteiger partial charge in [-0.1, -0.05) is 24.3 Å². The average Bonchev–Trinajstić information content (AvgIpc) is 3.43. The summed E-state index contributed by atoms with van der Waals surface area (Å²) in [6, 6.07) is 9.16. The van der Waals surface area contributed by atoms with Gasteiger partial charge in [0.05, 0.1) is 12.2 Å². The third-order valence-electron chi connectivity index (χ3n) is 5.44. The summed E-state index contributed by atoms with van der Waals surface area (Å²) in [5.74, 6) is -0.231. The number of hydrogen-bond acceptors (Lipinski definition) is 5. The van der Waals surface area contributed by atoms with Crippen molar-refractivity contribution in [3.8, 4) is 11.1 Å². The number of amides is 2. The molecular formula is C23H22F3N3O4. The Balaban J connectivity index is 1.58. The zero-order chi connectivity index (χ0) is 23.6. The van der Waals surface area contributed by atoms with Gasteiger partial charge in [-0.15, -0.1) is 0 Å². The third-order valence-corrected chi connectivity index (χ3v) is 5.44. The van der Waals surface area contributed by atoms with Gasteiger partial charge in [0.25, 0.3) is 0 Å². The number of benzene rings is 2. The van der Waals surface area contributed by atoms with Gasteiger partial charge in [-0.2, -0.15) is 13.2 Å². The zero-order valence-electron chi connectivity index (χ0n) is 17.8. The largest absolute Gasteiger partial charge is 0.465 e. The molecule has 4 rings (SSSR count). The van der Waals surface area contributed by atoms with Gasteiger partial charge in [-0.3, -0.25) is 4.79 Å². The fourth-order valence-electron chi connectivity index (χ4n) is 3.97. The fraction of sp³-hybridized carbons (Fsp3) is 0.348. The Bertz CT molecular complexity index is 1180. The molecule has 1 N–H and O–H groups in total. The molecule has 0 radical (unpaired) electrons. The minimum Gasteiger partial charge on any atom is -0.465 e. The maximum Gasteiger partial charge on any atom is 0.417 e. The molecule has 1 aliphatic heterocycles. The van der Waals surface area contributed by atoms with E-state index in [1.165, 1.54) is 17.0 Å². The molecule has 1 unspecified atom stereocenters. The van der Waals surface area contributed by atoms with Gasteiger partial charge in [0.15, 0.2) is 5.58 Å². The van der Waals surface area contributed by atoms with Crippen molar-refractivity contribution in [1.29, 1.82) is 0 Å². The smallest absolute Gasteiger partial charge is 0.417 e. The molecule has 1 aliphatic rings. The lowest BCUT2D eigenvalue weighted by Gasteiger charge is -2.22. The number of fused-ring (bicyclic) bond motifs is 1. The van der Waals surface area contributed by atoms with Crippen molar-refractivity contribution in [2.45, 2.75) is 32.0 Å². The normalized spacial score (nSPS) is 16.2. The van der Waals surface area contributed by atoms with Crippen LogP contribution in [0.4, 0.5) is 18.0 Å². The topological polar surface area (TPSA) is 84.7 Å². The predicted octanol–water partition coefficient (Wildman–Crippen LogP) is 4.92. The number of oxazole rings is 1. The summed E-state index contributed by atoms with van der Waals surface area (Å²) in [5, 5.41) is 2.53. The molecule has 1 fully saturated rings. The molecule has 174 valence electrons. The number of carbonyl (C=O) groups is 2. The SMILES string of the molecule is CCOC(=O)CNC(=O)N1CCCC1c1nc2cc(-c3ccccc3C(F)(F)F)ccc2o1. The van der Waals surface area contributed by atoms with Crippen LogP contribution in [0.3, 0.4) is 0 Å². The van der Waals surface area contributed by atoms with Crippen LogP contribution >= 0.6 is 0 Å². The lowest BCUT2D eigenvalue weighted by molar-refractivity contribution is -0.142. The molecule has 2 heterocycles. The van der Waals surface area contributed by atoms with E-state index in [1.54, 1.807) is 31.2 Å². The lowest BCUT2D eigenvalue weighted by Crippen LogP contribution is -2.42. The van der Waals surface area contributed by atoms with Gasteiger partial charge in [0, 0.05) is 6.54 Å². The molecule has 33 heavy (non-hydrogen) atoms. The van der Waals surface area contributed by atoms with Crippen LogP contribution in [0.25, 0.3) is 22.2 Å². The van der Waals surface area contributed by atoms with Crippen LogP contribution in [0.1, 0.15) is 37.3 Å². The average molecular weight is 461 g/mol. The van der Waals surface area contributed by atoms with Gasteiger partial charge in [0.1, 0.15) is 18.1 Å². The van der Waals surface area contributed by atoms with E-state index in [0.717, 1.165) is 12.5 Å². The Morgan fingerprint density at radius 1 is 1.24 bits per heavy atom. The van der Waals surface area contributed by atoms with Gasteiger partial charge < -0.3 is 19.4 Å². The van der Waals surface area contributed by atoms with Crippen molar-refractivity contribution >= 4 is 23.1 Å². The summed E-state index contributed by atoms with van der Waals surface area (Å²) >= 11 is 0. The van der Waals surface area contributed by atoms with E-state index in [0.29, 0.717) is 35.5 Å². The second kappa shape index (κ2) is 9.13. The van der Waals surface area contributed by atoms with Gasteiger partial charge in [-0.05, 0) is 49.1 Å². The van der Waals surface area contributed by atoms with Crippen LogP contribution in [0.5, 0.6) is 0 Å². The van der Waals surface area contributed by atoms with Crippen LogP contribution in [-0.2, 0) is 15.7 Å². The van der Waals surface area contributed by atoms with E-state index in [1.807, 2.05) is 0 Å². The monoisotopic (exact) mass is 461 g/mol. The number of urea groups is 1. The summed E-state index contributed by atoms with van der Waals surface area (Å²) in [4.78, 5) is 30.1. The molecule has 7 nitrogen and oxygen atoms in total. The molecule has 2 amide bonds. The van der Waals surface area contributed by atoms with Gasteiger partial charge in [-0.25, -0.2) is 9.78 Å². The number of hydrogen-bond donors (Lipinski definition) is 1. The third kappa shape index (κ3) is 4.79. The van der Waals surface area contributed by atoms with E-state index in [4.69, 9.17) is 9.15 Å². The minimum absolute atomic E-state index is 0.0530. The van der Waals surface area contributed by atoms with Crippen LogP contribution in [-0.4, -0.2) is 41.6 Å². The highest BCUT2D eigenvalue weighted by Gasteiger charge is 2.35. The van der Waals surface area contributed by atoms with Crippen molar-refractivity contribution in [3.63, 3.8) is 0 Å². The van der Waals surface area contributed by atoms with E-state index in [2.05, 4.69) is 10.3 Å². The van der Waals surface area contributed by atoms with Gasteiger partial charge >= 0.3 is 18.2 Å². The van der Waals surface area contributed by atoms with Crippen LogP contribution in [0.2, 0.25) is 0 Å². The van der Waals surface area contributed by atoms with Crippen LogP contribution in [0.15, 0.2) is 46.9 Å². The molecule has 0 aliphatic carbocycles. The predicted molar refractivity (Wildman–Crippen MR) is 113 cm³/mol. The summed E-state index contributed by atoms with van der Waals surface area (Å²) in [5.41, 5.74) is 0.506. The van der Waals surface area contributed by atoms with E-state index in [9.17, 15) is 22.8 Å². The number of nitrogens with zero attached hydrogens (tertiary/aromatic N) is 2. The number of likely N-dealkylation sites (tertiary alicyclic amines) is 1. The number of halogens is 3. The number of alkyl halides is 3. The van der Waals surface area contributed by atoms with Crippen molar-refractivity contribution in [2.75, 3.05) is 19.7 Å². The first kappa shape index (κ1) is 22.6. The highest BCUT2D eigenvalue weighted by Crippen LogP contribution is 2.38. The lowest BCUT2D eigenvalue weighted by atomic mass is 9.99. The molecule has 2 aromatic carbocycles. The van der Waals surface area contributed by atoms with Crippen molar-refractivity contribution in [2.24, 2.45) is 0 Å². The number of ether oxygens (including phenoxy) is 1. The summed E-state index contributed by atoms with van der Waals surface area (Å²) in [6.45, 7) is 2.11. The Labute approximate surface area is 187 Å². The van der Waals surface area contributed by atoms with Crippen molar-refractivity contribution < 1.29 is 31.9 Å². The Hall–Kier alpha value is -3.56. The van der Waals surface area contributed by atoms with E-state index < -0.39 is 29.8 Å². The standard InChI is InChI=1S/C23H22F3N3O4/c1-2-32-20(30)13-27-22(31)29-11-5-8-18(29)21-28-17-12-14(9-10-19(17)33-21)15-6-3-4-7-16(15)23(24,25)26/h3-4,6-7,9-10,12,18H,2,5,8,11,13H2,1H3,(H,27,31). The first-order valence-electron chi connectivity index (χ1n) is 10.5. The van der Waals surface area contributed by atoms with E-state index >= 15 is 0 Å². The first-order chi connectivity index (χ1) is 15.8. The molecule has 0 spiro atoms. The molecule has 0 saturated carbocycles. The summed E-state index contributed by atoms with van der Waals surface area (Å²) < 4.78 is 50.9. The number of carbonyl (C=O) groups excluding carboxylic acids is 2. The fourth-order valence-corrected chi connectivity index (χ4v) is 3.97. The summed E-state index contributed by atoms with van der Waals surface area (Å²) in [6.07, 6.45) is -3.15. The molecule has 1 saturated heterocycles. The number of aromatic nitrogens is 1. The molecule has 3 aromatic rings. The highest BCUT2D eigenvalue weighted by molar-refractivity contribution is 5.83. The Morgan fingerprint density at radius 3 is 2.79 bits per heavy atom. The van der Waals surface area contributed by atoms with Crippen LogP contribution < -0.4 is 5.32 Å². The molecule has 1 aromatic heterocycles. The van der Waals surface area contributed by atoms with Crippen molar-refractivity contribution in [1.82, 2.24) is 15.2 Å². The second-order valence-corrected chi connectivity index (χ2v) is 7.59. The highest BCUT2D eigenvalue weighted by atomic mass is 19.4. The second-order valence-electron chi connectivity index (χ2n) is 7.59. The van der Waals surface area contributed by atoms with Crippen molar-refractivity contribution in [3.05, 3.63) is 53.9 Å².